The van der Waals surface area contributed by atoms with Gasteiger partial charge in [0, 0.05) is 16.6 Å². The minimum atomic E-state index is -0.186. The van der Waals surface area contributed by atoms with Gasteiger partial charge in [0.2, 0.25) is 0 Å². The smallest absolute Gasteiger partial charge is 0.126 e. The van der Waals surface area contributed by atoms with Gasteiger partial charge in [-0.15, -0.1) is 0 Å². The Labute approximate surface area is 127 Å². The fourth-order valence-corrected chi connectivity index (χ4v) is 2.75. The van der Waals surface area contributed by atoms with Gasteiger partial charge < -0.3 is 10.2 Å². The van der Waals surface area contributed by atoms with Gasteiger partial charge in [-0.25, -0.2) is 4.39 Å². The molecule has 0 bridgehead atoms. The van der Waals surface area contributed by atoms with Crippen molar-refractivity contribution < 1.29 is 4.39 Å². The van der Waals surface area contributed by atoms with E-state index in [1.807, 2.05) is 0 Å². The van der Waals surface area contributed by atoms with Gasteiger partial charge in [-0.2, -0.15) is 0 Å². The predicted octanol–water partition coefficient (Wildman–Crippen LogP) is 3.73. The summed E-state index contributed by atoms with van der Waals surface area (Å²) in [6, 6.07) is 4.93. The Morgan fingerprint density at radius 3 is 2.50 bits per heavy atom. The third-order valence-electron chi connectivity index (χ3n) is 4.37. The number of hydrogen-bond acceptors (Lipinski definition) is 2. The summed E-state index contributed by atoms with van der Waals surface area (Å²) in [5.74, 6) is -0.186. The molecule has 1 aromatic rings. The van der Waals surface area contributed by atoms with Crippen molar-refractivity contribution in [1.82, 2.24) is 10.2 Å². The van der Waals surface area contributed by atoms with Gasteiger partial charge >= 0.3 is 0 Å². The normalized spacial score (nSPS) is 16.2. The highest BCUT2D eigenvalue weighted by molar-refractivity contribution is 6.30. The minimum Gasteiger partial charge on any atom is -0.312 e. The highest BCUT2D eigenvalue weighted by atomic mass is 35.5. The van der Waals surface area contributed by atoms with Crippen molar-refractivity contribution in [3.05, 3.63) is 34.6 Å². The van der Waals surface area contributed by atoms with Gasteiger partial charge in [0.1, 0.15) is 5.82 Å². The lowest BCUT2D eigenvalue weighted by atomic mass is 9.84. The van der Waals surface area contributed by atoms with Crippen molar-refractivity contribution in [2.24, 2.45) is 0 Å². The Bertz CT molecular complexity index is 436. The van der Waals surface area contributed by atoms with E-state index in [9.17, 15) is 4.39 Å². The maximum atomic E-state index is 14.0. The van der Waals surface area contributed by atoms with E-state index in [0.717, 1.165) is 13.0 Å². The second-order valence-electron chi connectivity index (χ2n) is 5.66. The van der Waals surface area contributed by atoms with Crippen LogP contribution >= 0.6 is 11.6 Å². The van der Waals surface area contributed by atoms with Crippen molar-refractivity contribution >= 4 is 11.6 Å². The van der Waals surface area contributed by atoms with E-state index in [1.54, 1.807) is 12.1 Å². The van der Waals surface area contributed by atoms with Crippen LogP contribution in [0.25, 0.3) is 0 Å². The Hall–Kier alpha value is -0.640. The summed E-state index contributed by atoms with van der Waals surface area (Å²) >= 11 is 5.99. The molecule has 0 spiro atoms. The first kappa shape index (κ1) is 17.4. The third-order valence-corrected chi connectivity index (χ3v) is 4.61. The summed E-state index contributed by atoms with van der Waals surface area (Å²) in [4.78, 5) is 2.21. The van der Waals surface area contributed by atoms with E-state index >= 15 is 0 Å². The zero-order valence-corrected chi connectivity index (χ0v) is 13.9. The lowest BCUT2D eigenvalue weighted by Gasteiger charge is -2.43. The number of hydrogen-bond donors (Lipinski definition) is 1. The molecule has 0 fully saturated rings. The molecular formula is C16H26ClFN2. The van der Waals surface area contributed by atoms with Gasteiger partial charge in [-0.05, 0) is 64.2 Å². The highest BCUT2D eigenvalue weighted by Gasteiger charge is 2.34. The van der Waals surface area contributed by atoms with Crippen LogP contribution in [0.1, 0.15) is 32.8 Å². The lowest BCUT2D eigenvalue weighted by molar-refractivity contribution is 0.113. The molecule has 0 saturated carbocycles. The molecule has 0 aliphatic rings. The van der Waals surface area contributed by atoms with Gasteiger partial charge in [0.15, 0.2) is 0 Å². The molecule has 2 unspecified atom stereocenters. The number of benzene rings is 1. The van der Waals surface area contributed by atoms with Gasteiger partial charge in [-0.1, -0.05) is 25.4 Å². The largest absolute Gasteiger partial charge is 0.312 e. The summed E-state index contributed by atoms with van der Waals surface area (Å²) in [7, 11) is 4.14. The third kappa shape index (κ3) is 3.94. The van der Waals surface area contributed by atoms with Crippen molar-refractivity contribution in [3.8, 4) is 0 Å². The standard InChI is InChI=1S/C16H26ClFN2/c1-6-16(3,20(4)5)15(19-7-2)11-12-10-13(17)8-9-14(12)18/h8-10,15,19H,6-7,11H2,1-5H3. The minimum absolute atomic E-state index is 0.0369. The van der Waals surface area contributed by atoms with Crippen molar-refractivity contribution in [2.75, 3.05) is 20.6 Å². The molecule has 1 rings (SSSR count). The number of halogens is 2. The monoisotopic (exact) mass is 300 g/mol. The SMILES string of the molecule is CCNC(Cc1cc(Cl)ccc1F)C(C)(CC)N(C)C. The van der Waals surface area contributed by atoms with Crippen LogP contribution in [0.15, 0.2) is 18.2 Å². The first-order valence-corrected chi connectivity index (χ1v) is 7.57. The van der Waals surface area contributed by atoms with Crippen molar-refractivity contribution in [1.29, 1.82) is 0 Å². The molecule has 1 aromatic carbocycles. The molecule has 0 saturated heterocycles. The van der Waals surface area contributed by atoms with Crippen LogP contribution < -0.4 is 5.32 Å². The van der Waals surface area contributed by atoms with E-state index in [4.69, 9.17) is 11.6 Å². The van der Waals surface area contributed by atoms with Crippen LogP contribution in [0.3, 0.4) is 0 Å². The van der Waals surface area contributed by atoms with E-state index in [0.29, 0.717) is 17.0 Å². The molecule has 20 heavy (non-hydrogen) atoms. The molecule has 0 aliphatic heterocycles. The molecule has 4 heteroatoms. The average Bonchev–Trinajstić information content (AvgIpc) is 2.41. The maximum absolute atomic E-state index is 14.0. The summed E-state index contributed by atoms with van der Waals surface area (Å²) < 4.78 is 14.0. The molecule has 0 heterocycles. The van der Waals surface area contributed by atoms with E-state index in [-0.39, 0.29) is 17.4 Å². The molecule has 1 N–H and O–H groups in total. The van der Waals surface area contributed by atoms with Crippen LogP contribution in [0.4, 0.5) is 4.39 Å². The Balaban J connectivity index is 3.05. The van der Waals surface area contributed by atoms with Crippen molar-refractivity contribution in [2.45, 2.75) is 45.2 Å². The maximum Gasteiger partial charge on any atom is 0.126 e. The molecule has 0 radical (unpaired) electrons. The van der Waals surface area contributed by atoms with Gasteiger partial charge in [0.05, 0.1) is 0 Å². The van der Waals surface area contributed by atoms with E-state index in [1.165, 1.54) is 6.07 Å². The van der Waals surface area contributed by atoms with Crippen LogP contribution in [0.2, 0.25) is 5.02 Å². The predicted molar refractivity (Wildman–Crippen MR) is 85.0 cm³/mol. The van der Waals surface area contributed by atoms with E-state index < -0.39 is 0 Å². The molecule has 2 nitrogen and oxygen atoms in total. The van der Waals surface area contributed by atoms with Gasteiger partial charge in [-0.3, -0.25) is 0 Å². The molecule has 0 amide bonds. The number of nitrogens with zero attached hydrogens (tertiary/aromatic N) is 1. The first-order valence-electron chi connectivity index (χ1n) is 7.19. The Kier molecular flexibility index (Phi) is 6.44. The van der Waals surface area contributed by atoms with Crippen molar-refractivity contribution in [3.63, 3.8) is 0 Å². The van der Waals surface area contributed by atoms with Crippen LogP contribution in [-0.2, 0) is 6.42 Å². The fourth-order valence-electron chi connectivity index (χ4n) is 2.55. The first-order chi connectivity index (χ1) is 9.35. The van der Waals surface area contributed by atoms with Crippen LogP contribution in [0.5, 0.6) is 0 Å². The molecule has 0 aromatic heterocycles. The Morgan fingerprint density at radius 2 is 2.00 bits per heavy atom. The fraction of sp³-hybridized carbons (Fsp3) is 0.625. The van der Waals surface area contributed by atoms with Crippen LogP contribution in [-0.4, -0.2) is 37.1 Å². The molecule has 2 atom stereocenters. The molecular weight excluding hydrogens is 275 g/mol. The summed E-state index contributed by atoms with van der Waals surface area (Å²) in [6.07, 6.45) is 1.61. The highest BCUT2D eigenvalue weighted by Crippen LogP contribution is 2.26. The number of likely N-dealkylation sites (N-methyl/N-ethyl adjacent to an activating group) is 2. The Morgan fingerprint density at radius 1 is 1.35 bits per heavy atom. The van der Waals surface area contributed by atoms with Gasteiger partial charge in [0.25, 0.3) is 0 Å². The number of rotatable bonds is 7. The number of nitrogens with one attached hydrogen (secondary N) is 1. The summed E-state index contributed by atoms with van der Waals surface area (Å²) in [5.41, 5.74) is 0.634. The van der Waals surface area contributed by atoms with E-state index in [2.05, 4.69) is 45.1 Å². The molecule has 0 aliphatic carbocycles. The zero-order chi connectivity index (χ0) is 15.3. The lowest BCUT2D eigenvalue weighted by Crippen LogP contribution is -2.57. The van der Waals surface area contributed by atoms with Crippen LogP contribution in [0, 0.1) is 5.82 Å². The zero-order valence-electron chi connectivity index (χ0n) is 13.1. The summed E-state index contributed by atoms with van der Waals surface area (Å²) in [5, 5.41) is 4.08. The average molecular weight is 301 g/mol. The topological polar surface area (TPSA) is 15.3 Å². The quantitative estimate of drug-likeness (QED) is 0.825. The second-order valence-corrected chi connectivity index (χ2v) is 6.09. The summed E-state index contributed by atoms with van der Waals surface area (Å²) in [6.45, 7) is 7.31. The molecule has 114 valence electrons. The second kappa shape index (κ2) is 7.39.